The van der Waals surface area contributed by atoms with Crippen molar-refractivity contribution in [2.75, 3.05) is 7.05 Å². The van der Waals surface area contributed by atoms with Gasteiger partial charge in [-0.15, -0.1) is 0 Å². The van der Waals surface area contributed by atoms with Crippen LogP contribution in [-0.4, -0.2) is 26.6 Å². The Balaban J connectivity index is 1.90. The van der Waals surface area contributed by atoms with Gasteiger partial charge in [-0.25, -0.2) is 9.37 Å². The molecule has 3 rings (SSSR count). The second-order valence-electron chi connectivity index (χ2n) is 6.07. The van der Waals surface area contributed by atoms with Crippen LogP contribution in [0.2, 0.25) is 0 Å². The third-order valence-corrected chi connectivity index (χ3v) is 4.53. The molecule has 1 N–H and O–H groups in total. The van der Waals surface area contributed by atoms with Gasteiger partial charge in [0.1, 0.15) is 17.1 Å². The number of benzene rings is 2. The average molecular weight is 327 g/mol. The SMILES string of the molecule is CCn1c(CN(C)C(C)c2cccc(O)c2)nc2c(F)cccc21. The van der Waals surface area contributed by atoms with Gasteiger partial charge in [-0.2, -0.15) is 0 Å². The quantitative estimate of drug-likeness (QED) is 0.767. The normalized spacial score (nSPS) is 12.9. The van der Waals surface area contributed by atoms with Gasteiger partial charge in [-0.1, -0.05) is 18.2 Å². The van der Waals surface area contributed by atoms with E-state index in [9.17, 15) is 9.50 Å². The Morgan fingerprint density at radius 2 is 2.00 bits per heavy atom. The molecule has 0 radical (unpaired) electrons. The minimum absolute atomic E-state index is 0.104. The van der Waals surface area contributed by atoms with Crippen LogP contribution in [0.4, 0.5) is 4.39 Å². The number of imidazole rings is 1. The first-order valence-corrected chi connectivity index (χ1v) is 8.14. The molecule has 0 amide bonds. The Kier molecular flexibility index (Phi) is 4.53. The van der Waals surface area contributed by atoms with Crippen LogP contribution >= 0.6 is 0 Å². The molecule has 2 aromatic carbocycles. The smallest absolute Gasteiger partial charge is 0.151 e. The van der Waals surface area contributed by atoms with Crippen molar-refractivity contribution in [2.24, 2.45) is 0 Å². The number of fused-ring (bicyclic) bond motifs is 1. The molecule has 126 valence electrons. The van der Waals surface area contributed by atoms with Crippen LogP contribution in [0.5, 0.6) is 5.75 Å². The van der Waals surface area contributed by atoms with Crippen LogP contribution in [0.3, 0.4) is 0 Å². The lowest BCUT2D eigenvalue weighted by molar-refractivity contribution is 0.243. The van der Waals surface area contributed by atoms with Gasteiger partial charge in [0.25, 0.3) is 0 Å². The third-order valence-electron chi connectivity index (χ3n) is 4.53. The summed E-state index contributed by atoms with van der Waals surface area (Å²) in [6.07, 6.45) is 0. The van der Waals surface area contributed by atoms with Crippen molar-refractivity contribution in [3.8, 4) is 5.75 Å². The van der Waals surface area contributed by atoms with Crippen LogP contribution < -0.4 is 0 Å². The maximum absolute atomic E-state index is 14.0. The van der Waals surface area contributed by atoms with Gasteiger partial charge in [-0.3, -0.25) is 4.90 Å². The van der Waals surface area contributed by atoms with E-state index in [0.717, 1.165) is 23.4 Å². The number of aryl methyl sites for hydroxylation is 1. The summed E-state index contributed by atoms with van der Waals surface area (Å²) in [6.45, 7) is 5.45. The molecular weight excluding hydrogens is 305 g/mol. The van der Waals surface area contributed by atoms with E-state index in [2.05, 4.69) is 16.8 Å². The van der Waals surface area contributed by atoms with Crippen molar-refractivity contribution < 1.29 is 9.50 Å². The molecule has 0 saturated heterocycles. The minimum Gasteiger partial charge on any atom is -0.508 e. The maximum atomic E-state index is 14.0. The molecule has 24 heavy (non-hydrogen) atoms. The van der Waals surface area contributed by atoms with Crippen LogP contribution in [0.15, 0.2) is 42.5 Å². The monoisotopic (exact) mass is 327 g/mol. The Labute approximate surface area is 141 Å². The number of halogens is 1. The molecule has 0 bridgehead atoms. The van der Waals surface area contributed by atoms with Crippen molar-refractivity contribution in [1.29, 1.82) is 0 Å². The molecule has 1 unspecified atom stereocenters. The lowest BCUT2D eigenvalue weighted by atomic mass is 10.1. The number of aromatic hydroxyl groups is 1. The summed E-state index contributed by atoms with van der Waals surface area (Å²) in [5, 5.41) is 9.66. The highest BCUT2D eigenvalue weighted by Crippen LogP contribution is 2.25. The van der Waals surface area contributed by atoms with E-state index in [1.165, 1.54) is 6.07 Å². The fourth-order valence-electron chi connectivity index (χ4n) is 3.03. The highest BCUT2D eigenvalue weighted by Gasteiger charge is 2.18. The van der Waals surface area contributed by atoms with E-state index in [0.29, 0.717) is 12.1 Å². The number of hydrogen-bond donors (Lipinski definition) is 1. The van der Waals surface area contributed by atoms with Crippen LogP contribution in [0.25, 0.3) is 11.0 Å². The fourth-order valence-corrected chi connectivity index (χ4v) is 3.03. The van der Waals surface area contributed by atoms with Gasteiger partial charge >= 0.3 is 0 Å². The summed E-state index contributed by atoms with van der Waals surface area (Å²) >= 11 is 0. The van der Waals surface area contributed by atoms with Crippen molar-refractivity contribution in [3.63, 3.8) is 0 Å². The maximum Gasteiger partial charge on any atom is 0.151 e. The minimum atomic E-state index is -0.287. The standard InChI is InChI=1S/C19H22FN3O/c1-4-23-17-10-6-9-16(20)19(17)21-18(23)12-22(3)13(2)14-7-5-8-15(24)11-14/h5-11,13,24H,4,12H2,1-3H3. The van der Waals surface area contributed by atoms with E-state index in [-0.39, 0.29) is 17.6 Å². The zero-order valence-corrected chi connectivity index (χ0v) is 14.2. The van der Waals surface area contributed by atoms with Gasteiger partial charge in [0.05, 0.1) is 12.1 Å². The Bertz CT molecular complexity index is 859. The lowest BCUT2D eigenvalue weighted by Gasteiger charge is -2.25. The fraction of sp³-hybridized carbons (Fsp3) is 0.316. The Morgan fingerprint density at radius 1 is 1.25 bits per heavy atom. The first-order valence-electron chi connectivity index (χ1n) is 8.14. The highest BCUT2D eigenvalue weighted by molar-refractivity contribution is 5.76. The number of aromatic nitrogens is 2. The number of nitrogens with zero attached hydrogens (tertiary/aromatic N) is 3. The first-order chi connectivity index (χ1) is 11.5. The molecule has 0 saturated carbocycles. The predicted molar refractivity (Wildman–Crippen MR) is 93.4 cm³/mol. The molecule has 5 heteroatoms. The molecule has 0 aliphatic heterocycles. The zero-order valence-electron chi connectivity index (χ0n) is 14.2. The predicted octanol–water partition coefficient (Wildman–Crippen LogP) is 4.09. The summed E-state index contributed by atoms with van der Waals surface area (Å²) in [5.41, 5.74) is 2.28. The number of phenols is 1. The van der Waals surface area contributed by atoms with E-state index in [1.807, 2.05) is 36.7 Å². The van der Waals surface area contributed by atoms with Crippen LogP contribution in [0, 0.1) is 5.82 Å². The lowest BCUT2D eigenvalue weighted by Crippen LogP contribution is -2.24. The summed E-state index contributed by atoms with van der Waals surface area (Å²) in [6, 6.07) is 12.4. The summed E-state index contributed by atoms with van der Waals surface area (Å²) in [7, 11) is 2.00. The van der Waals surface area contributed by atoms with Crippen molar-refractivity contribution in [1.82, 2.24) is 14.5 Å². The topological polar surface area (TPSA) is 41.3 Å². The summed E-state index contributed by atoms with van der Waals surface area (Å²) in [4.78, 5) is 6.65. The van der Waals surface area contributed by atoms with Crippen molar-refractivity contribution >= 4 is 11.0 Å². The van der Waals surface area contributed by atoms with E-state index in [4.69, 9.17) is 0 Å². The third kappa shape index (κ3) is 2.99. The van der Waals surface area contributed by atoms with E-state index in [1.54, 1.807) is 18.2 Å². The van der Waals surface area contributed by atoms with Crippen molar-refractivity contribution in [3.05, 3.63) is 59.7 Å². The molecule has 3 aromatic rings. The summed E-state index contributed by atoms with van der Waals surface area (Å²) < 4.78 is 16.0. The molecular formula is C19H22FN3O. The highest BCUT2D eigenvalue weighted by atomic mass is 19.1. The number of phenolic OH excluding ortho intramolecular Hbond substituents is 1. The molecule has 0 aliphatic carbocycles. The Hall–Kier alpha value is -2.40. The molecule has 1 aromatic heterocycles. The van der Waals surface area contributed by atoms with Crippen LogP contribution in [0.1, 0.15) is 31.3 Å². The number of para-hydroxylation sites is 1. The molecule has 0 aliphatic rings. The van der Waals surface area contributed by atoms with Gasteiger partial charge in [0.2, 0.25) is 0 Å². The zero-order chi connectivity index (χ0) is 17.3. The average Bonchev–Trinajstić information content (AvgIpc) is 2.92. The molecule has 1 atom stereocenters. The van der Waals surface area contributed by atoms with Gasteiger partial charge in [0.15, 0.2) is 5.82 Å². The number of rotatable bonds is 5. The largest absolute Gasteiger partial charge is 0.508 e. The second kappa shape index (κ2) is 6.61. The molecule has 4 nitrogen and oxygen atoms in total. The molecule has 1 heterocycles. The summed E-state index contributed by atoms with van der Waals surface area (Å²) in [5.74, 6) is 0.812. The van der Waals surface area contributed by atoms with E-state index < -0.39 is 0 Å². The Morgan fingerprint density at radius 3 is 2.71 bits per heavy atom. The van der Waals surface area contributed by atoms with Crippen molar-refractivity contribution in [2.45, 2.75) is 33.0 Å². The van der Waals surface area contributed by atoms with E-state index >= 15 is 0 Å². The van der Waals surface area contributed by atoms with Crippen LogP contribution in [-0.2, 0) is 13.1 Å². The van der Waals surface area contributed by atoms with Gasteiger partial charge in [0, 0.05) is 12.6 Å². The van der Waals surface area contributed by atoms with Gasteiger partial charge < -0.3 is 9.67 Å². The molecule has 0 fully saturated rings. The first kappa shape index (κ1) is 16.5. The van der Waals surface area contributed by atoms with Gasteiger partial charge in [-0.05, 0) is 50.7 Å². The number of hydrogen-bond acceptors (Lipinski definition) is 3. The molecule has 0 spiro atoms. The second-order valence-corrected chi connectivity index (χ2v) is 6.07.